The first-order chi connectivity index (χ1) is 19.0. The Morgan fingerprint density at radius 1 is 1.20 bits per heavy atom. The van der Waals surface area contributed by atoms with Crippen LogP contribution in [0, 0.1) is 18.3 Å². The fourth-order valence-electron chi connectivity index (χ4n) is 5.45. The van der Waals surface area contributed by atoms with Crippen LogP contribution in [0.1, 0.15) is 50.1 Å². The maximum atomic E-state index is 14.4. The minimum Gasteiger partial charge on any atom is -0.497 e. The Morgan fingerprint density at radius 3 is 2.60 bits per heavy atom. The predicted molar refractivity (Wildman–Crippen MR) is 167 cm³/mol. The molecule has 1 aliphatic rings. The molecular formula is C32H37N3O3S2. The molecule has 6 nitrogen and oxygen atoms in total. The molecule has 5 rings (SSSR count). The number of aromatic nitrogens is 2. The highest BCUT2D eigenvalue weighted by Gasteiger charge is 2.33. The molecule has 0 aliphatic heterocycles. The van der Waals surface area contributed by atoms with Crippen LogP contribution in [0.25, 0.3) is 15.9 Å². The van der Waals surface area contributed by atoms with Gasteiger partial charge in [-0.25, -0.2) is 4.98 Å². The summed E-state index contributed by atoms with van der Waals surface area (Å²) in [5.41, 5.74) is 3.76. The number of carbonyl (C=O) groups excluding carboxylic acids is 1. The van der Waals surface area contributed by atoms with Crippen LogP contribution in [0.3, 0.4) is 0 Å². The molecule has 0 N–H and O–H groups in total. The van der Waals surface area contributed by atoms with Gasteiger partial charge in [0.05, 0.1) is 23.4 Å². The summed E-state index contributed by atoms with van der Waals surface area (Å²) >= 11 is 2.97. The highest BCUT2D eigenvalue weighted by molar-refractivity contribution is 8.00. The fourth-order valence-corrected chi connectivity index (χ4v) is 7.81. The Labute approximate surface area is 244 Å². The lowest BCUT2D eigenvalue weighted by atomic mass is 9.72. The molecule has 8 heteroatoms. The number of thiophene rings is 1. The SMILES string of the molecule is COc1ccc(C)c(-n2c(S[C@@H](C)C(=O)N(C)c3ccccc3)nc3sc4c(c3c2=O)CC[C@@H](C(C)(C)C)C4)c1. The van der Waals surface area contributed by atoms with Crippen molar-refractivity contribution in [3.63, 3.8) is 0 Å². The Hall–Kier alpha value is -3.10. The Morgan fingerprint density at radius 2 is 1.93 bits per heavy atom. The summed E-state index contributed by atoms with van der Waals surface area (Å²) < 4.78 is 7.21. The molecule has 4 aromatic rings. The van der Waals surface area contributed by atoms with Crippen LogP contribution in [-0.2, 0) is 17.6 Å². The molecule has 0 radical (unpaired) electrons. The van der Waals surface area contributed by atoms with E-state index in [4.69, 9.17) is 9.72 Å². The van der Waals surface area contributed by atoms with E-state index in [-0.39, 0.29) is 16.9 Å². The highest BCUT2D eigenvalue weighted by atomic mass is 32.2. The molecule has 1 aliphatic carbocycles. The van der Waals surface area contributed by atoms with Crippen LogP contribution < -0.4 is 15.2 Å². The van der Waals surface area contributed by atoms with E-state index in [9.17, 15) is 9.59 Å². The van der Waals surface area contributed by atoms with Crippen molar-refractivity contribution in [1.82, 2.24) is 9.55 Å². The number of amides is 1. The number of ether oxygens (including phenoxy) is 1. The Balaban J connectivity index is 1.63. The van der Waals surface area contributed by atoms with Crippen molar-refractivity contribution in [2.75, 3.05) is 19.1 Å². The second-order valence-electron chi connectivity index (χ2n) is 11.7. The number of thioether (sulfide) groups is 1. The second kappa shape index (κ2) is 11.1. The average molecular weight is 576 g/mol. The molecule has 2 atom stereocenters. The van der Waals surface area contributed by atoms with Crippen LogP contribution in [0.4, 0.5) is 5.69 Å². The van der Waals surface area contributed by atoms with Gasteiger partial charge in [0.2, 0.25) is 5.91 Å². The largest absolute Gasteiger partial charge is 0.497 e. The third kappa shape index (κ3) is 5.31. The van der Waals surface area contributed by atoms with Gasteiger partial charge in [0.25, 0.3) is 5.56 Å². The van der Waals surface area contributed by atoms with E-state index in [1.54, 1.807) is 35.0 Å². The van der Waals surface area contributed by atoms with Gasteiger partial charge >= 0.3 is 0 Å². The molecule has 210 valence electrons. The molecule has 0 saturated carbocycles. The molecule has 2 aromatic heterocycles. The van der Waals surface area contributed by atoms with Crippen molar-refractivity contribution < 1.29 is 9.53 Å². The zero-order valence-corrected chi connectivity index (χ0v) is 25.9. The number of anilines is 1. The third-order valence-corrected chi connectivity index (χ3v) is 10.2. The van der Waals surface area contributed by atoms with Gasteiger partial charge in [0.15, 0.2) is 5.16 Å². The minimum atomic E-state index is -0.466. The standard InChI is InChI=1S/C32H37N3O3S2/c1-19-13-15-23(38-7)18-25(19)35-30(37)27-24-16-14-21(32(3,4)5)17-26(24)40-28(27)33-31(35)39-20(2)29(36)34(6)22-11-9-8-10-12-22/h8-13,15,18,20-21H,14,16-17H2,1-7H3/t20-,21+/m0/s1. The second-order valence-corrected chi connectivity index (χ2v) is 14.1. The Kier molecular flexibility index (Phi) is 7.86. The van der Waals surface area contributed by atoms with Crippen molar-refractivity contribution >= 4 is 44.9 Å². The quantitative estimate of drug-likeness (QED) is 0.182. The Bertz CT molecular complexity index is 1620. The number of rotatable bonds is 6. The average Bonchev–Trinajstić information content (AvgIpc) is 3.31. The number of hydrogen-bond donors (Lipinski definition) is 0. The van der Waals surface area contributed by atoms with Crippen LogP contribution in [0.2, 0.25) is 0 Å². The lowest BCUT2D eigenvalue weighted by molar-refractivity contribution is -0.117. The van der Waals surface area contributed by atoms with Crippen LogP contribution in [0.5, 0.6) is 5.75 Å². The van der Waals surface area contributed by atoms with E-state index in [2.05, 4.69) is 20.8 Å². The van der Waals surface area contributed by atoms with E-state index >= 15 is 0 Å². The van der Waals surface area contributed by atoms with E-state index in [1.807, 2.05) is 62.4 Å². The van der Waals surface area contributed by atoms with Gasteiger partial charge in [-0.1, -0.05) is 56.8 Å². The summed E-state index contributed by atoms with van der Waals surface area (Å²) in [6.45, 7) is 10.7. The summed E-state index contributed by atoms with van der Waals surface area (Å²) in [5, 5.41) is 0.771. The number of carbonyl (C=O) groups is 1. The summed E-state index contributed by atoms with van der Waals surface area (Å²) in [6.07, 6.45) is 2.92. The number of nitrogens with zero attached hydrogens (tertiary/aromatic N) is 3. The molecule has 0 unspecified atom stereocenters. The molecule has 2 aromatic carbocycles. The van der Waals surface area contributed by atoms with Gasteiger partial charge in [0.1, 0.15) is 10.6 Å². The number of fused-ring (bicyclic) bond motifs is 3. The molecule has 0 bridgehead atoms. The van der Waals surface area contributed by atoms with Gasteiger partial charge in [-0.15, -0.1) is 11.3 Å². The van der Waals surface area contributed by atoms with Crippen molar-refractivity contribution in [2.24, 2.45) is 11.3 Å². The van der Waals surface area contributed by atoms with Gasteiger partial charge in [-0.3, -0.25) is 14.2 Å². The number of aryl methyl sites for hydroxylation is 2. The van der Waals surface area contributed by atoms with Gasteiger partial charge < -0.3 is 9.64 Å². The topological polar surface area (TPSA) is 64.4 Å². The monoisotopic (exact) mass is 575 g/mol. The van der Waals surface area contributed by atoms with E-state index in [0.717, 1.165) is 52.0 Å². The number of hydrogen-bond acceptors (Lipinski definition) is 6. The summed E-state index contributed by atoms with van der Waals surface area (Å²) in [6, 6.07) is 15.3. The number of methoxy groups -OCH3 is 1. The maximum absolute atomic E-state index is 14.4. The molecule has 0 spiro atoms. The zero-order valence-electron chi connectivity index (χ0n) is 24.3. The van der Waals surface area contributed by atoms with Crippen molar-refractivity contribution in [1.29, 1.82) is 0 Å². The van der Waals surface area contributed by atoms with E-state index < -0.39 is 5.25 Å². The van der Waals surface area contributed by atoms with Crippen LogP contribution in [-0.4, -0.2) is 34.9 Å². The van der Waals surface area contributed by atoms with E-state index in [1.165, 1.54) is 16.6 Å². The molecular weight excluding hydrogens is 539 g/mol. The lowest BCUT2D eigenvalue weighted by Crippen LogP contribution is -2.34. The van der Waals surface area contributed by atoms with Gasteiger partial charge in [-0.05, 0) is 73.8 Å². The number of para-hydroxylation sites is 1. The first kappa shape index (κ1) is 28.4. The molecule has 1 amide bonds. The zero-order chi connectivity index (χ0) is 28.8. The fraction of sp³-hybridized carbons (Fsp3) is 0.406. The van der Waals surface area contributed by atoms with E-state index in [0.29, 0.717) is 16.8 Å². The van der Waals surface area contributed by atoms with Crippen molar-refractivity contribution in [2.45, 2.75) is 64.3 Å². The summed E-state index contributed by atoms with van der Waals surface area (Å²) in [7, 11) is 3.40. The molecule has 2 heterocycles. The third-order valence-electron chi connectivity index (χ3n) is 8.04. The van der Waals surface area contributed by atoms with Gasteiger partial charge in [-0.2, -0.15) is 0 Å². The first-order valence-electron chi connectivity index (χ1n) is 13.7. The predicted octanol–water partition coefficient (Wildman–Crippen LogP) is 7.06. The molecule has 0 saturated heterocycles. The summed E-state index contributed by atoms with van der Waals surface area (Å²) in [4.78, 5) is 36.7. The first-order valence-corrected chi connectivity index (χ1v) is 15.4. The van der Waals surface area contributed by atoms with Gasteiger partial charge in [0, 0.05) is 23.7 Å². The maximum Gasteiger partial charge on any atom is 0.267 e. The summed E-state index contributed by atoms with van der Waals surface area (Å²) in [5.74, 6) is 1.17. The molecule has 40 heavy (non-hydrogen) atoms. The van der Waals surface area contributed by atoms with Crippen LogP contribution in [0.15, 0.2) is 58.5 Å². The minimum absolute atomic E-state index is 0.0575. The smallest absolute Gasteiger partial charge is 0.267 e. The van der Waals surface area contributed by atoms with Crippen molar-refractivity contribution in [3.05, 3.63) is 74.9 Å². The molecule has 0 fully saturated rings. The lowest BCUT2D eigenvalue weighted by Gasteiger charge is -2.33. The highest BCUT2D eigenvalue weighted by Crippen LogP contribution is 2.43. The number of benzene rings is 2. The normalized spacial score (nSPS) is 16.0. The van der Waals surface area contributed by atoms with Crippen LogP contribution >= 0.6 is 23.1 Å². The van der Waals surface area contributed by atoms with Crippen molar-refractivity contribution in [3.8, 4) is 11.4 Å².